The second-order valence-corrected chi connectivity index (χ2v) is 5.18. The van der Waals surface area contributed by atoms with Crippen LogP contribution in [0, 0.1) is 0 Å². The number of unbranched alkanes of at least 4 members (excludes halogenated alkanes) is 3. The van der Waals surface area contributed by atoms with Crippen molar-refractivity contribution in [3.63, 3.8) is 0 Å². The summed E-state index contributed by atoms with van der Waals surface area (Å²) in [6.07, 6.45) is 20.0. The minimum absolute atomic E-state index is 0.139. The highest BCUT2D eigenvalue weighted by molar-refractivity contribution is 5.67. The molecule has 0 amide bonds. The molecule has 0 spiro atoms. The van der Waals surface area contributed by atoms with Crippen LogP contribution < -0.4 is 0 Å². The smallest absolute Gasteiger partial charge is 0.305 e. The number of carboxylic acid groups (broad SMARTS) is 1. The first-order chi connectivity index (χ1) is 10.2. The third kappa shape index (κ3) is 16.6. The Labute approximate surface area is 129 Å². The van der Waals surface area contributed by atoms with Crippen LogP contribution in [0.1, 0.15) is 64.7 Å². The molecule has 0 bridgehead atoms. The van der Waals surface area contributed by atoms with Crippen LogP contribution in [0.4, 0.5) is 0 Å². The lowest BCUT2D eigenvalue weighted by molar-refractivity contribution is -0.139. The molecule has 1 atom stereocenters. The monoisotopic (exact) mass is 294 g/mol. The van der Waals surface area contributed by atoms with Crippen molar-refractivity contribution in [2.24, 2.45) is 0 Å². The summed E-state index contributed by atoms with van der Waals surface area (Å²) in [6.45, 7) is 2.13. The maximum absolute atomic E-state index is 10.4. The van der Waals surface area contributed by atoms with E-state index in [0.717, 1.165) is 44.9 Å². The summed E-state index contributed by atoms with van der Waals surface area (Å²) < 4.78 is 0. The van der Waals surface area contributed by atoms with Crippen LogP contribution in [0.2, 0.25) is 0 Å². The Morgan fingerprint density at radius 3 is 2.19 bits per heavy atom. The van der Waals surface area contributed by atoms with E-state index in [1.165, 1.54) is 0 Å². The van der Waals surface area contributed by atoms with Crippen LogP contribution in [0.3, 0.4) is 0 Å². The van der Waals surface area contributed by atoms with Crippen molar-refractivity contribution in [3.8, 4) is 0 Å². The average molecular weight is 294 g/mol. The number of aliphatic hydroxyl groups is 1. The van der Waals surface area contributed by atoms with Crippen LogP contribution in [0.25, 0.3) is 0 Å². The SMILES string of the molecule is CCC=CCC=CCC=CCCCCCC(O)CC(=O)O. The van der Waals surface area contributed by atoms with Crippen LogP contribution in [0.5, 0.6) is 0 Å². The summed E-state index contributed by atoms with van der Waals surface area (Å²) >= 11 is 0. The third-order valence-corrected chi connectivity index (χ3v) is 3.10. The highest BCUT2D eigenvalue weighted by Crippen LogP contribution is 2.08. The molecular weight excluding hydrogens is 264 g/mol. The number of hydrogen-bond acceptors (Lipinski definition) is 2. The second-order valence-electron chi connectivity index (χ2n) is 5.18. The van der Waals surface area contributed by atoms with Crippen molar-refractivity contribution in [2.75, 3.05) is 0 Å². The number of rotatable bonds is 13. The van der Waals surface area contributed by atoms with Gasteiger partial charge < -0.3 is 10.2 Å². The Kier molecular flexibility index (Phi) is 14.1. The van der Waals surface area contributed by atoms with Crippen LogP contribution in [0.15, 0.2) is 36.5 Å². The molecule has 0 saturated heterocycles. The van der Waals surface area contributed by atoms with Crippen molar-refractivity contribution >= 4 is 5.97 Å². The van der Waals surface area contributed by atoms with Gasteiger partial charge in [-0.3, -0.25) is 4.79 Å². The minimum atomic E-state index is -0.927. The number of carbonyl (C=O) groups is 1. The lowest BCUT2D eigenvalue weighted by Crippen LogP contribution is -2.12. The first kappa shape index (κ1) is 19.7. The summed E-state index contributed by atoms with van der Waals surface area (Å²) in [5.74, 6) is -0.927. The van der Waals surface area contributed by atoms with Crippen LogP contribution in [-0.2, 0) is 4.79 Å². The van der Waals surface area contributed by atoms with Gasteiger partial charge in [0.15, 0.2) is 0 Å². The van der Waals surface area contributed by atoms with Gasteiger partial charge in [0.05, 0.1) is 12.5 Å². The van der Waals surface area contributed by atoms with Crippen molar-refractivity contribution in [2.45, 2.75) is 70.8 Å². The van der Waals surface area contributed by atoms with Gasteiger partial charge in [-0.15, -0.1) is 0 Å². The molecule has 2 N–H and O–H groups in total. The topological polar surface area (TPSA) is 57.5 Å². The van der Waals surface area contributed by atoms with Gasteiger partial charge in [-0.2, -0.15) is 0 Å². The maximum Gasteiger partial charge on any atom is 0.305 e. The molecule has 0 fully saturated rings. The number of aliphatic hydroxyl groups excluding tert-OH is 1. The van der Waals surface area contributed by atoms with Crippen molar-refractivity contribution in [1.29, 1.82) is 0 Å². The number of aliphatic carboxylic acids is 1. The molecule has 3 heteroatoms. The summed E-state index contributed by atoms with van der Waals surface area (Å²) in [5.41, 5.74) is 0. The van der Waals surface area contributed by atoms with Crippen LogP contribution in [-0.4, -0.2) is 22.3 Å². The van der Waals surface area contributed by atoms with Crippen molar-refractivity contribution < 1.29 is 15.0 Å². The number of allylic oxidation sites excluding steroid dienone is 6. The fourth-order valence-corrected chi connectivity index (χ4v) is 1.95. The molecule has 0 rings (SSSR count). The lowest BCUT2D eigenvalue weighted by Gasteiger charge is -2.06. The Morgan fingerprint density at radius 1 is 0.952 bits per heavy atom. The quantitative estimate of drug-likeness (QED) is 0.384. The molecule has 0 aliphatic rings. The standard InChI is InChI=1S/C18H30O3/c1-2-3-4-5-6-7-8-9-10-11-12-13-14-15-17(19)16-18(20)21/h3-4,6-7,9-10,17,19H,2,5,8,11-16H2,1H3,(H,20,21). The zero-order valence-corrected chi connectivity index (χ0v) is 13.2. The largest absolute Gasteiger partial charge is 0.481 e. The fourth-order valence-electron chi connectivity index (χ4n) is 1.95. The average Bonchev–Trinajstić information content (AvgIpc) is 2.43. The van der Waals surface area contributed by atoms with Gasteiger partial charge in [0.25, 0.3) is 0 Å². The van der Waals surface area contributed by atoms with E-state index in [-0.39, 0.29) is 6.42 Å². The second kappa shape index (κ2) is 15.0. The Morgan fingerprint density at radius 2 is 1.57 bits per heavy atom. The van der Waals surface area contributed by atoms with Gasteiger partial charge in [-0.05, 0) is 38.5 Å². The minimum Gasteiger partial charge on any atom is -0.481 e. The van der Waals surface area contributed by atoms with Crippen LogP contribution >= 0.6 is 0 Å². The molecule has 21 heavy (non-hydrogen) atoms. The molecule has 0 aromatic carbocycles. The van der Waals surface area contributed by atoms with Gasteiger partial charge in [0.1, 0.15) is 0 Å². The van der Waals surface area contributed by atoms with Gasteiger partial charge in [-0.1, -0.05) is 56.2 Å². The number of carboxylic acids is 1. The van der Waals surface area contributed by atoms with E-state index in [1.807, 2.05) is 0 Å². The molecule has 0 aliphatic carbocycles. The fraction of sp³-hybridized carbons (Fsp3) is 0.611. The molecule has 0 heterocycles. The van der Waals surface area contributed by atoms with E-state index >= 15 is 0 Å². The summed E-state index contributed by atoms with van der Waals surface area (Å²) in [5, 5.41) is 17.9. The Balaban J connectivity index is 3.36. The molecule has 0 aliphatic heterocycles. The Bertz CT molecular complexity index is 329. The molecule has 0 radical (unpaired) electrons. The summed E-state index contributed by atoms with van der Waals surface area (Å²) in [6, 6.07) is 0. The normalized spacial score (nSPS) is 13.6. The summed E-state index contributed by atoms with van der Waals surface area (Å²) in [7, 11) is 0. The Hall–Kier alpha value is -1.35. The van der Waals surface area contributed by atoms with Crippen molar-refractivity contribution in [1.82, 2.24) is 0 Å². The van der Waals surface area contributed by atoms with Crippen molar-refractivity contribution in [3.05, 3.63) is 36.5 Å². The van der Waals surface area contributed by atoms with Gasteiger partial charge in [0, 0.05) is 0 Å². The highest BCUT2D eigenvalue weighted by atomic mass is 16.4. The summed E-state index contributed by atoms with van der Waals surface area (Å²) in [4.78, 5) is 10.4. The zero-order chi connectivity index (χ0) is 15.8. The maximum atomic E-state index is 10.4. The van der Waals surface area contributed by atoms with E-state index in [9.17, 15) is 9.90 Å². The van der Waals surface area contributed by atoms with E-state index in [0.29, 0.717) is 6.42 Å². The predicted octanol–water partition coefficient (Wildman–Crippen LogP) is 4.63. The lowest BCUT2D eigenvalue weighted by atomic mass is 10.1. The molecular formula is C18H30O3. The van der Waals surface area contributed by atoms with Gasteiger partial charge >= 0.3 is 5.97 Å². The molecule has 0 aromatic heterocycles. The highest BCUT2D eigenvalue weighted by Gasteiger charge is 2.08. The van der Waals surface area contributed by atoms with Gasteiger partial charge in [-0.25, -0.2) is 0 Å². The number of hydrogen-bond donors (Lipinski definition) is 2. The van der Waals surface area contributed by atoms with E-state index in [1.54, 1.807) is 0 Å². The van der Waals surface area contributed by atoms with Gasteiger partial charge in [0.2, 0.25) is 0 Å². The van der Waals surface area contributed by atoms with E-state index in [2.05, 4.69) is 43.4 Å². The third-order valence-electron chi connectivity index (χ3n) is 3.10. The molecule has 0 saturated carbocycles. The molecule has 120 valence electrons. The first-order valence-electron chi connectivity index (χ1n) is 8.01. The molecule has 1 unspecified atom stereocenters. The zero-order valence-electron chi connectivity index (χ0n) is 13.2. The van der Waals surface area contributed by atoms with E-state index in [4.69, 9.17) is 5.11 Å². The first-order valence-corrected chi connectivity index (χ1v) is 8.01. The molecule has 0 aromatic rings. The molecule has 3 nitrogen and oxygen atoms in total. The predicted molar refractivity (Wildman–Crippen MR) is 88.3 cm³/mol. The van der Waals surface area contributed by atoms with E-state index < -0.39 is 12.1 Å².